The van der Waals surface area contributed by atoms with Gasteiger partial charge in [-0.3, -0.25) is 4.79 Å². The highest BCUT2D eigenvalue weighted by atomic mass is 35.5. The highest BCUT2D eigenvalue weighted by Crippen LogP contribution is 2.22. The second-order valence-corrected chi connectivity index (χ2v) is 6.40. The van der Waals surface area contributed by atoms with Gasteiger partial charge in [-0.15, -0.1) is 12.4 Å². The average Bonchev–Trinajstić information content (AvgIpc) is 2.52. The minimum atomic E-state index is -0.234. The zero-order valence-corrected chi connectivity index (χ0v) is 14.9. The number of carbonyl (C=O) groups excluding carboxylic acids is 1. The first-order valence-corrected chi connectivity index (χ1v) is 8.28. The van der Waals surface area contributed by atoms with E-state index >= 15 is 0 Å². The molecule has 1 saturated heterocycles. The molecule has 0 radical (unpaired) electrons. The number of hydrogen-bond donors (Lipinski definition) is 1. The third-order valence-electron chi connectivity index (χ3n) is 4.58. The molecule has 1 unspecified atom stereocenters. The van der Waals surface area contributed by atoms with E-state index in [1.54, 1.807) is 6.07 Å². The van der Waals surface area contributed by atoms with Crippen molar-refractivity contribution in [3.63, 3.8) is 0 Å². The maximum absolute atomic E-state index is 13.2. The van der Waals surface area contributed by atoms with E-state index in [-0.39, 0.29) is 30.0 Å². The molecule has 1 amide bonds. The Morgan fingerprint density at radius 1 is 1.39 bits per heavy atom. The van der Waals surface area contributed by atoms with Crippen molar-refractivity contribution in [2.24, 2.45) is 11.8 Å². The Morgan fingerprint density at radius 3 is 2.70 bits per heavy atom. The predicted octanol–water partition coefficient (Wildman–Crippen LogP) is 3.27. The lowest BCUT2D eigenvalue weighted by Crippen LogP contribution is -2.42. The van der Waals surface area contributed by atoms with Crippen LogP contribution < -0.4 is 5.32 Å². The van der Waals surface area contributed by atoms with Gasteiger partial charge in [0.2, 0.25) is 5.91 Å². The first kappa shape index (κ1) is 19.9. The lowest BCUT2D eigenvalue weighted by molar-refractivity contribution is -0.136. The van der Waals surface area contributed by atoms with Crippen molar-refractivity contribution >= 4 is 18.3 Å². The molecule has 1 heterocycles. The molecule has 3 nitrogen and oxygen atoms in total. The van der Waals surface area contributed by atoms with Gasteiger partial charge in [0.25, 0.3) is 0 Å². The Morgan fingerprint density at radius 2 is 2.09 bits per heavy atom. The Kier molecular flexibility index (Phi) is 8.56. The minimum Gasteiger partial charge on any atom is -0.342 e. The third kappa shape index (κ3) is 6.11. The van der Waals surface area contributed by atoms with Crippen molar-refractivity contribution in [3.8, 4) is 0 Å². The van der Waals surface area contributed by atoms with E-state index in [0.29, 0.717) is 6.42 Å². The minimum absolute atomic E-state index is 0. The van der Waals surface area contributed by atoms with Crippen LogP contribution in [0.2, 0.25) is 0 Å². The van der Waals surface area contributed by atoms with E-state index in [1.807, 2.05) is 24.9 Å². The number of nitrogens with zero attached hydrogens (tertiary/aromatic N) is 1. The highest BCUT2D eigenvalue weighted by molar-refractivity contribution is 5.85. The maximum atomic E-state index is 13.2. The summed E-state index contributed by atoms with van der Waals surface area (Å²) in [4.78, 5) is 14.5. The van der Waals surface area contributed by atoms with Crippen LogP contribution in [-0.4, -0.2) is 37.5 Å². The lowest BCUT2D eigenvalue weighted by Gasteiger charge is -2.33. The summed E-state index contributed by atoms with van der Waals surface area (Å²) >= 11 is 0. The van der Waals surface area contributed by atoms with E-state index in [0.717, 1.165) is 44.0 Å². The Bertz CT molecular complexity index is 490. The van der Waals surface area contributed by atoms with Crippen LogP contribution in [0.3, 0.4) is 0 Å². The topological polar surface area (TPSA) is 32.3 Å². The highest BCUT2D eigenvalue weighted by Gasteiger charge is 2.25. The summed E-state index contributed by atoms with van der Waals surface area (Å²) in [6.45, 7) is 4.72. The van der Waals surface area contributed by atoms with E-state index in [4.69, 9.17) is 0 Å². The molecule has 1 atom stereocenters. The summed E-state index contributed by atoms with van der Waals surface area (Å²) in [5, 5.41) is 3.19. The number of amides is 1. The molecule has 5 heteroatoms. The molecule has 0 aliphatic carbocycles. The van der Waals surface area contributed by atoms with Crippen LogP contribution in [0.15, 0.2) is 24.3 Å². The number of likely N-dealkylation sites (tertiary alicyclic amines) is 1. The molecule has 0 saturated carbocycles. The van der Waals surface area contributed by atoms with E-state index < -0.39 is 0 Å². The molecule has 1 aromatic rings. The smallest absolute Gasteiger partial charge is 0.225 e. The fourth-order valence-electron chi connectivity index (χ4n) is 3.21. The molecule has 1 fully saturated rings. The Balaban J connectivity index is 0.00000264. The van der Waals surface area contributed by atoms with Gasteiger partial charge in [-0.2, -0.15) is 0 Å². The molecule has 2 rings (SSSR count). The molecule has 1 aromatic carbocycles. The molecule has 0 bridgehead atoms. The van der Waals surface area contributed by atoms with Gasteiger partial charge in [0.05, 0.1) is 0 Å². The standard InChI is InChI=1S/C18H27FN2O.ClH/c1-14(12-16-4-3-5-17(19)13-16)18(22)21-10-7-15(8-11-21)6-9-20-2;/h3-5,13-15,20H,6-12H2,1-2H3;1H. The number of halogens is 2. The van der Waals surface area contributed by atoms with Gasteiger partial charge in [0.1, 0.15) is 5.82 Å². The lowest BCUT2D eigenvalue weighted by atomic mass is 9.92. The van der Waals surface area contributed by atoms with Crippen LogP contribution in [0.1, 0.15) is 31.7 Å². The maximum Gasteiger partial charge on any atom is 0.225 e. The largest absolute Gasteiger partial charge is 0.342 e. The molecular weight excluding hydrogens is 315 g/mol. The fraction of sp³-hybridized carbons (Fsp3) is 0.611. The zero-order chi connectivity index (χ0) is 15.9. The third-order valence-corrected chi connectivity index (χ3v) is 4.58. The van der Waals surface area contributed by atoms with Crippen LogP contribution in [0.4, 0.5) is 4.39 Å². The van der Waals surface area contributed by atoms with Crippen molar-refractivity contribution in [1.29, 1.82) is 0 Å². The fourth-order valence-corrected chi connectivity index (χ4v) is 3.21. The van der Waals surface area contributed by atoms with Crippen LogP contribution in [0, 0.1) is 17.7 Å². The molecular formula is C18H28ClFN2O. The number of rotatable bonds is 6. The van der Waals surface area contributed by atoms with E-state index in [1.165, 1.54) is 18.6 Å². The van der Waals surface area contributed by atoms with E-state index in [2.05, 4.69) is 5.32 Å². The number of hydrogen-bond acceptors (Lipinski definition) is 2. The molecule has 130 valence electrons. The molecule has 23 heavy (non-hydrogen) atoms. The summed E-state index contributed by atoms with van der Waals surface area (Å²) in [5.41, 5.74) is 0.893. The average molecular weight is 343 g/mol. The van der Waals surface area contributed by atoms with Gasteiger partial charge < -0.3 is 10.2 Å². The molecule has 1 aliphatic rings. The second kappa shape index (κ2) is 9.89. The zero-order valence-electron chi connectivity index (χ0n) is 14.1. The first-order chi connectivity index (χ1) is 10.6. The SMILES string of the molecule is CNCCC1CCN(C(=O)C(C)Cc2cccc(F)c2)CC1.Cl. The van der Waals surface area contributed by atoms with Gasteiger partial charge in [0, 0.05) is 19.0 Å². The molecule has 1 N–H and O–H groups in total. The Labute approximate surface area is 145 Å². The van der Waals surface area contributed by atoms with Crippen LogP contribution in [0.5, 0.6) is 0 Å². The van der Waals surface area contributed by atoms with Crippen molar-refractivity contribution in [1.82, 2.24) is 10.2 Å². The summed E-state index contributed by atoms with van der Waals surface area (Å²) in [6.07, 6.45) is 3.99. The number of carbonyl (C=O) groups is 1. The Hall–Kier alpha value is -1.13. The monoisotopic (exact) mass is 342 g/mol. The van der Waals surface area contributed by atoms with Crippen LogP contribution >= 0.6 is 12.4 Å². The molecule has 1 aliphatic heterocycles. The predicted molar refractivity (Wildman–Crippen MR) is 94.4 cm³/mol. The summed E-state index contributed by atoms with van der Waals surface area (Å²) < 4.78 is 13.2. The number of piperidine rings is 1. The van der Waals surface area contributed by atoms with E-state index in [9.17, 15) is 9.18 Å². The number of nitrogens with one attached hydrogen (secondary N) is 1. The van der Waals surface area contributed by atoms with Crippen molar-refractivity contribution < 1.29 is 9.18 Å². The quantitative estimate of drug-likeness (QED) is 0.860. The summed E-state index contributed by atoms with van der Waals surface area (Å²) in [6, 6.07) is 6.55. The van der Waals surface area contributed by atoms with Crippen molar-refractivity contribution in [2.75, 3.05) is 26.7 Å². The van der Waals surface area contributed by atoms with Gasteiger partial charge in [-0.05, 0) is 62.9 Å². The van der Waals surface area contributed by atoms with Gasteiger partial charge in [-0.1, -0.05) is 19.1 Å². The van der Waals surface area contributed by atoms with Gasteiger partial charge in [-0.25, -0.2) is 4.39 Å². The van der Waals surface area contributed by atoms with Gasteiger partial charge in [0.15, 0.2) is 0 Å². The number of benzene rings is 1. The summed E-state index contributed by atoms with van der Waals surface area (Å²) in [7, 11) is 1.98. The first-order valence-electron chi connectivity index (χ1n) is 8.28. The van der Waals surface area contributed by atoms with Gasteiger partial charge >= 0.3 is 0 Å². The normalized spacial score (nSPS) is 16.7. The van der Waals surface area contributed by atoms with Crippen LogP contribution in [-0.2, 0) is 11.2 Å². The summed E-state index contributed by atoms with van der Waals surface area (Å²) in [5.74, 6) is 0.615. The molecule has 0 aromatic heterocycles. The second-order valence-electron chi connectivity index (χ2n) is 6.40. The van der Waals surface area contributed by atoms with Crippen molar-refractivity contribution in [3.05, 3.63) is 35.6 Å². The molecule has 0 spiro atoms. The van der Waals surface area contributed by atoms with Crippen LogP contribution in [0.25, 0.3) is 0 Å². The van der Waals surface area contributed by atoms with Crippen molar-refractivity contribution in [2.45, 2.75) is 32.6 Å².